The second-order valence-corrected chi connectivity index (χ2v) is 4.67. The van der Waals surface area contributed by atoms with Crippen LogP contribution in [-0.4, -0.2) is 23.5 Å². The summed E-state index contributed by atoms with van der Waals surface area (Å²) in [4.78, 5) is 24.9. The summed E-state index contributed by atoms with van der Waals surface area (Å²) >= 11 is 3.14. The van der Waals surface area contributed by atoms with Gasteiger partial charge in [0.05, 0.1) is 4.48 Å². The Morgan fingerprint density at radius 1 is 1.44 bits per heavy atom. The predicted molar refractivity (Wildman–Crippen MR) is 70.1 cm³/mol. The van der Waals surface area contributed by atoms with Gasteiger partial charge in [-0.05, 0) is 28.4 Å². The van der Waals surface area contributed by atoms with Gasteiger partial charge in [-0.3, -0.25) is 4.79 Å². The quantitative estimate of drug-likeness (QED) is 0.789. The van der Waals surface area contributed by atoms with E-state index in [9.17, 15) is 9.59 Å². The molecule has 4 nitrogen and oxygen atoms in total. The van der Waals surface area contributed by atoms with Gasteiger partial charge in [-0.2, -0.15) is 0 Å². The summed E-state index contributed by atoms with van der Waals surface area (Å²) in [5.41, 5.74) is 0.883. The molecule has 0 aromatic heterocycles. The number of hydrogen-bond acceptors (Lipinski definition) is 3. The third kappa shape index (κ3) is 2.31. The maximum Gasteiger partial charge on any atom is 0.417 e. The van der Waals surface area contributed by atoms with Gasteiger partial charge in [0, 0.05) is 0 Å². The molecule has 94 valence electrons. The third-order valence-electron chi connectivity index (χ3n) is 2.73. The predicted octanol–water partition coefficient (Wildman–Crippen LogP) is 3.01. The number of carbonyl (C=O) groups is 2. The Morgan fingerprint density at radius 2 is 2.11 bits per heavy atom. The first-order chi connectivity index (χ1) is 8.65. The van der Waals surface area contributed by atoms with Crippen molar-refractivity contribution in [1.82, 2.24) is 4.90 Å². The maximum absolute atomic E-state index is 12.1. The molecule has 1 aromatic carbocycles. The molecule has 1 saturated heterocycles. The molecular formula is C13H12BrNO3. The maximum atomic E-state index is 12.1. The van der Waals surface area contributed by atoms with Crippen LogP contribution in [0.1, 0.15) is 18.5 Å². The minimum Gasteiger partial charge on any atom is -0.446 e. The van der Waals surface area contributed by atoms with Gasteiger partial charge in [0.15, 0.2) is 0 Å². The van der Waals surface area contributed by atoms with Crippen molar-refractivity contribution in [3.8, 4) is 0 Å². The number of ether oxygens (including phenoxy) is 1. The van der Waals surface area contributed by atoms with Gasteiger partial charge in [0.25, 0.3) is 5.91 Å². The molecule has 0 radical (unpaired) electrons. The van der Waals surface area contributed by atoms with E-state index in [0.717, 1.165) is 10.5 Å². The fraction of sp³-hybridized carbons (Fsp3) is 0.231. The van der Waals surface area contributed by atoms with Crippen LogP contribution in [0, 0.1) is 0 Å². The Morgan fingerprint density at radius 3 is 2.72 bits per heavy atom. The van der Waals surface area contributed by atoms with Gasteiger partial charge in [0.2, 0.25) is 0 Å². The minimum atomic E-state index is -0.604. The van der Waals surface area contributed by atoms with Crippen LogP contribution in [-0.2, 0) is 9.53 Å². The van der Waals surface area contributed by atoms with Gasteiger partial charge in [-0.15, -0.1) is 0 Å². The van der Waals surface area contributed by atoms with Gasteiger partial charge < -0.3 is 4.74 Å². The molecule has 0 N–H and O–H groups in total. The number of allylic oxidation sites excluding steroid dienone is 1. The van der Waals surface area contributed by atoms with Crippen molar-refractivity contribution in [1.29, 1.82) is 0 Å². The summed E-state index contributed by atoms with van der Waals surface area (Å²) in [5, 5.41) is 0. The van der Waals surface area contributed by atoms with E-state index in [2.05, 4.69) is 15.9 Å². The summed E-state index contributed by atoms with van der Waals surface area (Å²) in [7, 11) is 0. The van der Waals surface area contributed by atoms with Crippen molar-refractivity contribution in [3.05, 3.63) is 46.5 Å². The first-order valence-corrected chi connectivity index (χ1v) is 6.31. The van der Waals surface area contributed by atoms with Crippen LogP contribution in [0.15, 0.2) is 40.9 Å². The molecule has 1 aliphatic rings. The molecule has 1 aromatic rings. The summed E-state index contributed by atoms with van der Waals surface area (Å²) < 4.78 is 5.32. The van der Waals surface area contributed by atoms with Crippen LogP contribution in [0.5, 0.6) is 0 Å². The summed E-state index contributed by atoms with van der Waals surface area (Å²) in [5.74, 6) is -0.381. The van der Waals surface area contributed by atoms with Gasteiger partial charge in [-0.25, -0.2) is 9.69 Å². The van der Waals surface area contributed by atoms with Gasteiger partial charge >= 0.3 is 6.09 Å². The van der Waals surface area contributed by atoms with Crippen LogP contribution >= 0.6 is 15.9 Å². The zero-order chi connectivity index (χ0) is 13.1. The SMILES string of the molecule is C/C=C(\Br)C(=O)N1C(=O)OCC1c1ccccc1. The summed E-state index contributed by atoms with van der Waals surface area (Å²) in [6.07, 6.45) is 1.00. The molecule has 1 fully saturated rings. The van der Waals surface area contributed by atoms with Crippen LogP contribution in [0.4, 0.5) is 4.79 Å². The van der Waals surface area contributed by atoms with E-state index < -0.39 is 6.09 Å². The molecule has 2 rings (SSSR count). The zero-order valence-corrected chi connectivity index (χ0v) is 11.4. The largest absolute Gasteiger partial charge is 0.446 e. The molecule has 0 aliphatic carbocycles. The van der Waals surface area contributed by atoms with Crippen LogP contribution in [0.2, 0.25) is 0 Å². The summed E-state index contributed by atoms with van der Waals surface area (Å²) in [6, 6.07) is 9.00. The fourth-order valence-corrected chi connectivity index (χ4v) is 2.00. The highest BCUT2D eigenvalue weighted by Crippen LogP contribution is 2.29. The Bertz CT molecular complexity index is 498. The van der Waals surface area contributed by atoms with E-state index in [1.165, 1.54) is 0 Å². The number of halogens is 1. The first kappa shape index (κ1) is 12.8. The van der Waals surface area contributed by atoms with E-state index in [1.54, 1.807) is 13.0 Å². The molecule has 18 heavy (non-hydrogen) atoms. The molecule has 1 atom stereocenters. The molecule has 0 saturated carbocycles. The molecule has 5 heteroatoms. The van der Waals surface area contributed by atoms with Gasteiger partial charge in [0.1, 0.15) is 12.6 Å². The normalized spacial score (nSPS) is 19.9. The van der Waals surface area contributed by atoms with Crippen molar-refractivity contribution in [3.63, 3.8) is 0 Å². The Hall–Kier alpha value is -1.62. The van der Waals surface area contributed by atoms with Gasteiger partial charge in [-0.1, -0.05) is 36.4 Å². The molecule has 0 bridgehead atoms. The zero-order valence-electron chi connectivity index (χ0n) is 9.80. The molecule has 1 heterocycles. The number of carbonyl (C=O) groups excluding carboxylic acids is 2. The van der Waals surface area contributed by atoms with Crippen molar-refractivity contribution in [2.75, 3.05) is 6.61 Å². The van der Waals surface area contributed by atoms with E-state index in [1.807, 2.05) is 30.3 Å². The topological polar surface area (TPSA) is 46.6 Å². The lowest BCUT2D eigenvalue weighted by Gasteiger charge is -2.19. The second-order valence-electron chi connectivity index (χ2n) is 3.82. The number of nitrogens with zero attached hydrogens (tertiary/aromatic N) is 1. The van der Waals surface area contributed by atoms with Crippen LogP contribution in [0.3, 0.4) is 0 Å². The number of amides is 2. The van der Waals surface area contributed by atoms with Crippen LogP contribution in [0.25, 0.3) is 0 Å². The van der Waals surface area contributed by atoms with E-state index >= 15 is 0 Å². The average molecular weight is 310 g/mol. The number of cyclic esters (lactones) is 1. The lowest BCUT2D eigenvalue weighted by Crippen LogP contribution is -2.34. The molecule has 1 aliphatic heterocycles. The van der Waals surface area contributed by atoms with Crippen molar-refractivity contribution < 1.29 is 14.3 Å². The smallest absolute Gasteiger partial charge is 0.417 e. The minimum absolute atomic E-state index is 0.193. The fourth-order valence-electron chi connectivity index (χ4n) is 1.81. The van der Waals surface area contributed by atoms with E-state index in [-0.39, 0.29) is 18.6 Å². The van der Waals surface area contributed by atoms with Crippen molar-refractivity contribution in [2.24, 2.45) is 0 Å². The van der Waals surface area contributed by atoms with Crippen molar-refractivity contribution in [2.45, 2.75) is 13.0 Å². The number of imide groups is 1. The highest BCUT2D eigenvalue weighted by Gasteiger charge is 2.39. The monoisotopic (exact) mass is 309 g/mol. The lowest BCUT2D eigenvalue weighted by molar-refractivity contribution is -0.124. The number of rotatable bonds is 2. The molecule has 1 unspecified atom stereocenters. The Kier molecular flexibility index (Phi) is 3.81. The van der Waals surface area contributed by atoms with Crippen LogP contribution < -0.4 is 0 Å². The second kappa shape index (κ2) is 5.35. The molecule has 0 spiro atoms. The number of hydrogen-bond donors (Lipinski definition) is 0. The Labute approximate surface area is 113 Å². The highest BCUT2D eigenvalue weighted by atomic mass is 79.9. The standard InChI is InChI=1S/C13H12BrNO3/c1-2-10(14)12(16)15-11(8-18-13(15)17)9-6-4-3-5-7-9/h2-7,11H,8H2,1H3/b10-2-. The number of benzene rings is 1. The summed E-state index contributed by atoms with van der Waals surface area (Å²) in [6.45, 7) is 1.92. The molecule has 2 amide bonds. The van der Waals surface area contributed by atoms with Crippen molar-refractivity contribution >= 4 is 27.9 Å². The van der Waals surface area contributed by atoms with E-state index in [0.29, 0.717) is 4.48 Å². The lowest BCUT2D eigenvalue weighted by atomic mass is 10.1. The van der Waals surface area contributed by atoms with E-state index in [4.69, 9.17) is 4.74 Å². The first-order valence-electron chi connectivity index (χ1n) is 5.52. The highest BCUT2D eigenvalue weighted by molar-refractivity contribution is 9.12. The third-order valence-corrected chi connectivity index (χ3v) is 3.53. The average Bonchev–Trinajstić information content (AvgIpc) is 2.80. The molecular weight excluding hydrogens is 298 g/mol. The Balaban J connectivity index is 2.32.